The predicted octanol–water partition coefficient (Wildman–Crippen LogP) is 2.03. The average molecular weight is 375 g/mol. The lowest BCUT2D eigenvalue weighted by molar-refractivity contribution is -0.120. The largest absolute Gasteiger partial charge is 0.366 e. The average Bonchev–Trinajstić information content (AvgIpc) is 2.93. The zero-order valence-corrected chi connectivity index (χ0v) is 15.6. The Labute approximate surface area is 162 Å². The van der Waals surface area contributed by atoms with Crippen LogP contribution in [0.2, 0.25) is 0 Å². The summed E-state index contributed by atoms with van der Waals surface area (Å²) in [6.07, 6.45) is 0.440. The van der Waals surface area contributed by atoms with Crippen molar-refractivity contribution in [3.63, 3.8) is 0 Å². The van der Waals surface area contributed by atoms with E-state index in [1.165, 1.54) is 0 Å². The number of nitrogens with two attached hydrogens (primary N) is 1. The number of fused-ring (bicyclic) bond motifs is 1. The van der Waals surface area contributed by atoms with Crippen molar-refractivity contribution in [3.8, 4) is 11.1 Å². The molecule has 28 heavy (non-hydrogen) atoms. The lowest BCUT2D eigenvalue weighted by Gasteiger charge is -2.22. The molecule has 2 amide bonds. The smallest absolute Gasteiger partial charge is 0.248 e. The minimum atomic E-state index is -0.448. The minimum absolute atomic E-state index is 0.0588. The lowest BCUT2D eigenvalue weighted by atomic mass is 9.99. The van der Waals surface area contributed by atoms with E-state index < -0.39 is 5.91 Å². The van der Waals surface area contributed by atoms with Gasteiger partial charge in [0.25, 0.3) is 0 Å². The zero-order valence-electron chi connectivity index (χ0n) is 15.6. The molecule has 4 rings (SSSR count). The molecule has 3 N–H and O–H groups in total. The summed E-state index contributed by atoms with van der Waals surface area (Å²) in [5.41, 5.74) is 8.61. The van der Waals surface area contributed by atoms with Crippen LogP contribution < -0.4 is 16.0 Å². The first-order chi connectivity index (χ1) is 13.5. The van der Waals surface area contributed by atoms with Crippen LogP contribution in [0.15, 0.2) is 42.5 Å². The third kappa shape index (κ3) is 3.38. The van der Waals surface area contributed by atoms with E-state index in [-0.39, 0.29) is 5.91 Å². The number of rotatable bonds is 3. The van der Waals surface area contributed by atoms with Crippen LogP contribution in [0, 0.1) is 6.92 Å². The highest BCUT2D eigenvalue weighted by atomic mass is 16.2. The van der Waals surface area contributed by atoms with Gasteiger partial charge in [0.1, 0.15) is 0 Å². The number of hydrogen-bond donors (Lipinski definition) is 2. The monoisotopic (exact) mass is 375 g/mol. The Kier molecular flexibility index (Phi) is 4.65. The van der Waals surface area contributed by atoms with Crippen molar-refractivity contribution >= 4 is 28.4 Å². The molecule has 0 aliphatic carbocycles. The molecule has 1 saturated heterocycles. The third-order valence-electron chi connectivity index (χ3n) is 5.04. The summed E-state index contributed by atoms with van der Waals surface area (Å²) in [5, 5.41) is 13.6. The van der Waals surface area contributed by atoms with Crippen LogP contribution in [0.1, 0.15) is 22.5 Å². The molecule has 2 aromatic carbocycles. The number of primary amides is 1. The van der Waals surface area contributed by atoms with E-state index in [1.54, 1.807) is 12.1 Å². The van der Waals surface area contributed by atoms with Gasteiger partial charge in [0.15, 0.2) is 5.82 Å². The molecule has 1 fully saturated rings. The Bertz CT molecular complexity index is 1080. The topological polar surface area (TPSA) is 101 Å². The van der Waals surface area contributed by atoms with E-state index >= 15 is 0 Å². The number of hydrogen-bond acceptors (Lipinski definition) is 5. The van der Waals surface area contributed by atoms with Gasteiger partial charge in [0.2, 0.25) is 11.8 Å². The summed E-state index contributed by atoms with van der Waals surface area (Å²) in [6.45, 7) is 3.83. The van der Waals surface area contributed by atoms with Crippen molar-refractivity contribution in [2.24, 2.45) is 5.73 Å². The fourth-order valence-electron chi connectivity index (χ4n) is 3.51. The summed E-state index contributed by atoms with van der Waals surface area (Å²) >= 11 is 0. The summed E-state index contributed by atoms with van der Waals surface area (Å²) in [5.74, 6) is 0.398. The van der Waals surface area contributed by atoms with Gasteiger partial charge in [-0.2, -0.15) is 5.10 Å². The van der Waals surface area contributed by atoms with Gasteiger partial charge < -0.3 is 16.0 Å². The number of carbonyl (C=O) groups is 2. The van der Waals surface area contributed by atoms with Gasteiger partial charge >= 0.3 is 0 Å². The Morgan fingerprint density at radius 2 is 1.89 bits per heavy atom. The molecule has 7 heteroatoms. The highest BCUT2D eigenvalue weighted by molar-refractivity contribution is 5.97. The number of amides is 2. The van der Waals surface area contributed by atoms with Gasteiger partial charge in [-0.05, 0) is 42.3 Å². The molecule has 0 spiro atoms. The van der Waals surface area contributed by atoms with Gasteiger partial charge in [-0.3, -0.25) is 9.59 Å². The molecule has 1 aromatic heterocycles. The molecule has 2 heterocycles. The van der Waals surface area contributed by atoms with Crippen molar-refractivity contribution < 1.29 is 9.59 Å². The van der Waals surface area contributed by atoms with Gasteiger partial charge in [-0.1, -0.05) is 18.2 Å². The number of anilines is 1. The van der Waals surface area contributed by atoms with Crippen LogP contribution in [-0.4, -0.2) is 41.6 Å². The Balaban J connectivity index is 1.78. The van der Waals surface area contributed by atoms with Crippen molar-refractivity contribution in [2.75, 3.05) is 24.5 Å². The van der Waals surface area contributed by atoms with Crippen LogP contribution in [-0.2, 0) is 4.79 Å². The first kappa shape index (κ1) is 17.9. The second kappa shape index (κ2) is 7.26. The first-order valence-electron chi connectivity index (χ1n) is 9.22. The number of nitrogens with zero attached hydrogens (tertiary/aromatic N) is 3. The third-order valence-corrected chi connectivity index (χ3v) is 5.04. The molecule has 0 atom stereocenters. The summed E-state index contributed by atoms with van der Waals surface area (Å²) in [6, 6.07) is 13.4. The molecule has 1 aliphatic rings. The van der Waals surface area contributed by atoms with Crippen molar-refractivity contribution in [1.82, 2.24) is 15.5 Å². The summed E-state index contributed by atoms with van der Waals surface area (Å²) in [7, 11) is 0. The van der Waals surface area contributed by atoms with Gasteiger partial charge in [0, 0.05) is 42.4 Å². The number of aryl methyl sites for hydroxylation is 1. The summed E-state index contributed by atoms with van der Waals surface area (Å²) in [4.78, 5) is 25.2. The standard InChI is InChI=1S/C21H21N5O2/c1-13-18-12-15(14-3-2-4-16(11-14)20(22)28)5-6-17(18)21(25-24-13)26-9-7-19(27)23-8-10-26/h2-6,11-12H,7-10H2,1H3,(H2,22,28)(H,23,27). The van der Waals surface area contributed by atoms with Gasteiger partial charge in [0.05, 0.1) is 5.69 Å². The van der Waals surface area contributed by atoms with E-state index in [0.29, 0.717) is 31.6 Å². The molecule has 142 valence electrons. The normalized spacial score (nSPS) is 14.6. The molecule has 1 aliphatic heterocycles. The quantitative estimate of drug-likeness (QED) is 0.729. The lowest BCUT2D eigenvalue weighted by Crippen LogP contribution is -2.29. The molecule has 7 nitrogen and oxygen atoms in total. The number of benzene rings is 2. The molecule has 3 aromatic rings. The Morgan fingerprint density at radius 3 is 2.71 bits per heavy atom. The van der Waals surface area contributed by atoms with Crippen LogP contribution in [0.5, 0.6) is 0 Å². The van der Waals surface area contributed by atoms with E-state index in [4.69, 9.17) is 5.73 Å². The van der Waals surface area contributed by atoms with E-state index in [2.05, 4.69) is 26.5 Å². The number of aromatic nitrogens is 2. The second-order valence-electron chi connectivity index (χ2n) is 6.90. The SMILES string of the molecule is Cc1nnc(N2CCNC(=O)CC2)c2ccc(-c3cccc(C(N)=O)c3)cc12. The van der Waals surface area contributed by atoms with Crippen LogP contribution in [0.25, 0.3) is 21.9 Å². The van der Waals surface area contributed by atoms with Crippen LogP contribution in [0.3, 0.4) is 0 Å². The maximum absolute atomic E-state index is 11.6. The number of carbonyl (C=O) groups excluding carboxylic acids is 2. The van der Waals surface area contributed by atoms with Crippen LogP contribution in [0.4, 0.5) is 5.82 Å². The highest BCUT2D eigenvalue weighted by Crippen LogP contribution is 2.31. The van der Waals surface area contributed by atoms with Crippen molar-refractivity contribution in [3.05, 3.63) is 53.7 Å². The molecule has 0 saturated carbocycles. The highest BCUT2D eigenvalue weighted by Gasteiger charge is 2.18. The molecule has 0 radical (unpaired) electrons. The predicted molar refractivity (Wildman–Crippen MR) is 108 cm³/mol. The molecule has 0 unspecified atom stereocenters. The minimum Gasteiger partial charge on any atom is -0.366 e. The zero-order chi connectivity index (χ0) is 19.7. The Hall–Kier alpha value is -3.48. The Morgan fingerprint density at radius 1 is 1.07 bits per heavy atom. The fraction of sp³-hybridized carbons (Fsp3) is 0.238. The van der Waals surface area contributed by atoms with Gasteiger partial charge in [-0.15, -0.1) is 5.10 Å². The molecular weight excluding hydrogens is 354 g/mol. The van der Waals surface area contributed by atoms with E-state index in [0.717, 1.165) is 33.4 Å². The fourth-order valence-corrected chi connectivity index (χ4v) is 3.51. The molecular formula is C21H21N5O2. The first-order valence-corrected chi connectivity index (χ1v) is 9.22. The number of nitrogens with one attached hydrogen (secondary N) is 1. The van der Waals surface area contributed by atoms with Crippen molar-refractivity contribution in [1.29, 1.82) is 0 Å². The van der Waals surface area contributed by atoms with Crippen molar-refractivity contribution in [2.45, 2.75) is 13.3 Å². The molecule has 0 bridgehead atoms. The van der Waals surface area contributed by atoms with E-state index in [1.807, 2.05) is 31.2 Å². The van der Waals surface area contributed by atoms with E-state index in [9.17, 15) is 9.59 Å². The summed E-state index contributed by atoms with van der Waals surface area (Å²) < 4.78 is 0. The van der Waals surface area contributed by atoms with Gasteiger partial charge in [-0.25, -0.2) is 0 Å². The maximum Gasteiger partial charge on any atom is 0.248 e. The maximum atomic E-state index is 11.6. The van der Waals surface area contributed by atoms with Crippen LogP contribution >= 0.6 is 0 Å². The second-order valence-corrected chi connectivity index (χ2v) is 6.90.